The third-order valence-corrected chi connectivity index (χ3v) is 1.79. The summed E-state index contributed by atoms with van der Waals surface area (Å²) in [7, 11) is 0. The SMILES string of the molecule is CCCOCC(=O)N[C@H](CCC)C(=O)O. The number of amides is 1. The number of carbonyl (C=O) groups is 2. The second-order valence-electron chi connectivity index (χ2n) is 3.30. The first-order valence-corrected chi connectivity index (χ1v) is 5.21. The number of carboxylic acid groups (broad SMARTS) is 1. The molecule has 5 heteroatoms. The average Bonchev–Trinajstić information content (AvgIpc) is 2.17. The van der Waals surface area contributed by atoms with Crippen LogP contribution in [-0.4, -0.2) is 36.2 Å². The quantitative estimate of drug-likeness (QED) is 0.589. The third-order valence-electron chi connectivity index (χ3n) is 1.79. The monoisotopic (exact) mass is 217 g/mol. The smallest absolute Gasteiger partial charge is 0.326 e. The lowest BCUT2D eigenvalue weighted by Gasteiger charge is -2.13. The van der Waals surface area contributed by atoms with Crippen molar-refractivity contribution in [1.29, 1.82) is 0 Å². The Morgan fingerprint density at radius 1 is 1.33 bits per heavy atom. The van der Waals surface area contributed by atoms with E-state index < -0.39 is 12.0 Å². The van der Waals surface area contributed by atoms with Crippen LogP contribution >= 0.6 is 0 Å². The molecule has 0 radical (unpaired) electrons. The molecule has 5 nitrogen and oxygen atoms in total. The Labute approximate surface area is 89.8 Å². The summed E-state index contributed by atoms with van der Waals surface area (Å²) >= 11 is 0. The zero-order chi connectivity index (χ0) is 11.7. The van der Waals surface area contributed by atoms with Crippen molar-refractivity contribution >= 4 is 11.9 Å². The lowest BCUT2D eigenvalue weighted by atomic mass is 10.2. The molecule has 88 valence electrons. The van der Waals surface area contributed by atoms with Crippen LogP contribution in [0.4, 0.5) is 0 Å². The first-order valence-electron chi connectivity index (χ1n) is 5.21. The number of nitrogens with one attached hydrogen (secondary N) is 1. The molecule has 0 rings (SSSR count). The van der Waals surface area contributed by atoms with Crippen molar-refractivity contribution in [3.8, 4) is 0 Å². The number of hydrogen-bond acceptors (Lipinski definition) is 3. The minimum Gasteiger partial charge on any atom is -0.480 e. The summed E-state index contributed by atoms with van der Waals surface area (Å²) in [6, 6.07) is -0.798. The molecule has 0 heterocycles. The minimum absolute atomic E-state index is 0.0681. The molecule has 0 unspecified atom stereocenters. The van der Waals surface area contributed by atoms with Crippen molar-refractivity contribution in [3.63, 3.8) is 0 Å². The van der Waals surface area contributed by atoms with E-state index in [0.29, 0.717) is 19.4 Å². The highest BCUT2D eigenvalue weighted by Gasteiger charge is 2.18. The summed E-state index contributed by atoms with van der Waals surface area (Å²) in [6.07, 6.45) is 1.99. The summed E-state index contributed by atoms with van der Waals surface area (Å²) in [4.78, 5) is 21.9. The van der Waals surface area contributed by atoms with E-state index in [9.17, 15) is 9.59 Å². The van der Waals surface area contributed by atoms with Crippen LogP contribution in [0.1, 0.15) is 33.1 Å². The third kappa shape index (κ3) is 6.90. The summed E-state index contributed by atoms with van der Waals surface area (Å²) in [5.41, 5.74) is 0. The number of rotatable bonds is 8. The van der Waals surface area contributed by atoms with Crippen molar-refractivity contribution in [2.24, 2.45) is 0 Å². The number of aliphatic carboxylic acids is 1. The number of hydrogen-bond donors (Lipinski definition) is 2. The van der Waals surface area contributed by atoms with Crippen LogP contribution in [-0.2, 0) is 14.3 Å². The van der Waals surface area contributed by atoms with Crippen molar-refractivity contribution in [1.82, 2.24) is 5.32 Å². The maximum atomic E-state index is 11.2. The molecule has 0 aromatic heterocycles. The highest BCUT2D eigenvalue weighted by atomic mass is 16.5. The van der Waals surface area contributed by atoms with Gasteiger partial charge >= 0.3 is 5.97 Å². The van der Waals surface area contributed by atoms with Crippen molar-refractivity contribution in [3.05, 3.63) is 0 Å². The molecular formula is C10H19NO4. The van der Waals surface area contributed by atoms with Crippen LogP contribution in [0.2, 0.25) is 0 Å². The average molecular weight is 217 g/mol. The van der Waals surface area contributed by atoms with Gasteiger partial charge in [-0.15, -0.1) is 0 Å². The van der Waals surface area contributed by atoms with Gasteiger partial charge in [0.2, 0.25) is 5.91 Å². The highest BCUT2D eigenvalue weighted by molar-refractivity contribution is 5.84. The van der Waals surface area contributed by atoms with Crippen LogP contribution in [0.3, 0.4) is 0 Å². The summed E-state index contributed by atoms with van der Waals surface area (Å²) in [5.74, 6) is -1.37. The number of carboxylic acids is 1. The predicted molar refractivity (Wildman–Crippen MR) is 55.6 cm³/mol. The first-order chi connectivity index (χ1) is 7.11. The number of carbonyl (C=O) groups excluding carboxylic acids is 1. The Morgan fingerprint density at radius 2 is 2.00 bits per heavy atom. The molecule has 0 aromatic rings. The van der Waals surface area contributed by atoms with Gasteiger partial charge in [-0.1, -0.05) is 20.3 Å². The Balaban J connectivity index is 3.84. The summed E-state index contributed by atoms with van der Waals surface area (Å²) in [5, 5.41) is 11.2. The van der Waals surface area contributed by atoms with E-state index >= 15 is 0 Å². The summed E-state index contributed by atoms with van der Waals surface area (Å²) < 4.78 is 5.00. The molecule has 0 fully saturated rings. The van der Waals surface area contributed by atoms with E-state index in [2.05, 4.69) is 5.32 Å². The van der Waals surface area contributed by atoms with Gasteiger partial charge in [-0.3, -0.25) is 4.79 Å². The van der Waals surface area contributed by atoms with Gasteiger partial charge in [-0.05, 0) is 12.8 Å². The molecular weight excluding hydrogens is 198 g/mol. The fourth-order valence-corrected chi connectivity index (χ4v) is 1.09. The van der Waals surface area contributed by atoms with E-state index in [-0.39, 0.29) is 12.5 Å². The van der Waals surface area contributed by atoms with Gasteiger partial charge in [-0.25, -0.2) is 4.79 Å². The standard InChI is InChI=1S/C10H19NO4/c1-3-5-8(10(13)14)11-9(12)7-15-6-4-2/h8H,3-7H2,1-2H3,(H,11,12)(H,13,14)/t8-/m1/s1. The first kappa shape index (κ1) is 13.9. The fourth-order valence-electron chi connectivity index (χ4n) is 1.09. The van der Waals surface area contributed by atoms with Crippen LogP contribution in [0.15, 0.2) is 0 Å². The molecule has 0 spiro atoms. The van der Waals surface area contributed by atoms with Crippen molar-refractivity contribution in [2.45, 2.75) is 39.2 Å². The number of ether oxygens (including phenoxy) is 1. The Hall–Kier alpha value is -1.10. The zero-order valence-electron chi connectivity index (χ0n) is 9.28. The Morgan fingerprint density at radius 3 is 2.47 bits per heavy atom. The molecule has 0 saturated carbocycles. The lowest BCUT2D eigenvalue weighted by molar-refractivity contribution is -0.142. The van der Waals surface area contributed by atoms with Gasteiger partial charge in [0.15, 0.2) is 0 Å². The summed E-state index contributed by atoms with van der Waals surface area (Å²) in [6.45, 7) is 4.25. The molecule has 0 aliphatic rings. The minimum atomic E-state index is -0.999. The topological polar surface area (TPSA) is 75.6 Å². The van der Waals surface area contributed by atoms with E-state index in [1.165, 1.54) is 0 Å². The zero-order valence-corrected chi connectivity index (χ0v) is 9.28. The van der Waals surface area contributed by atoms with Gasteiger partial charge in [-0.2, -0.15) is 0 Å². The molecule has 0 aromatic carbocycles. The van der Waals surface area contributed by atoms with E-state index in [4.69, 9.17) is 9.84 Å². The van der Waals surface area contributed by atoms with Crippen molar-refractivity contribution in [2.75, 3.05) is 13.2 Å². The maximum Gasteiger partial charge on any atom is 0.326 e. The van der Waals surface area contributed by atoms with Crippen LogP contribution < -0.4 is 5.32 Å². The second-order valence-corrected chi connectivity index (χ2v) is 3.30. The second kappa shape index (κ2) is 8.23. The molecule has 0 aliphatic heterocycles. The van der Waals surface area contributed by atoms with E-state index in [0.717, 1.165) is 6.42 Å². The van der Waals surface area contributed by atoms with Crippen LogP contribution in [0.25, 0.3) is 0 Å². The van der Waals surface area contributed by atoms with Crippen LogP contribution in [0.5, 0.6) is 0 Å². The van der Waals surface area contributed by atoms with Crippen molar-refractivity contribution < 1.29 is 19.4 Å². The molecule has 15 heavy (non-hydrogen) atoms. The molecule has 0 aliphatic carbocycles. The Kier molecular flexibility index (Phi) is 7.62. The van der Waals surface area contributed by atoms with Gasteiger partial charge in [0, 0.05) is 6.61 Å². The lowest BCUT2D eigenvalue weighted by Crippen LogP contribution is -2.42. The molecule has 0 saturated heterocycles. The fraction of sp³-hybridized carbons (Fsp3) is 0.800. The molecule has 1 amide bonds. The molecule has 0 bridgehead atoms. The van der Waals surface area contributed by atoms with Gasteiger partial charge in [0.25, 0.3) is 0 Å². The normalized spacial score (nSPS) is 12.1. The van der Waals surface area contributed by atoms with E-state index in [1.807, 2.05) is 13.8 Å². The molecule has 1 atom stereocenters. The maximum absolute atomic E-state index is 11.2. The van der Waals surface area contributed by atoms with Crippen LogP contribution in [0, 0.1) is 0 Å². The predicted octanol–water partition coefficient (Wildman–Crippen LogP) is 0.782. The van der Waals surface area contributed by atoms with Gasteiger partial charge in [0.05, 0.1) is 0 Å². The largest absolute Gasteiger partial charge is 0.480 e. The Bertz CT molecular complexity index is 206. The van der Waals surface area contributed by atoms with Gasteiger partial charge in [0.1, 0.15) is 12.6 Å². The highest BCUT2D eigenvalue weighted by Crippen LogP contribution is 1.96. The van der Waals surface area contributed by atoms with E-state index in [1.54, 1.807) is 0 Å². The van der Waals surface area contributed by atoms with Gasteiger partial charge < -0.3 is 15.2 Å². The molecule has 2 N–H and O–H groups in total.